The third kappa shape index (κ3) is 4.16. The summed E-state index contributed by atoms with van der Waals surface area (Å²) in [6.07, 6.45) is 0. The first-order valence-electron chi connectivity index (χ1n) is 5.86. The normalized spacial score (nSPS) is 10.4. The predicted molar refractivity (Wildman–Crippen MR) is 69.0 cm³/mol. The molecule has 0 saturated heterocycles. The summed E-state index contributed by atoms with van der Waals surface area (Å²) in [6.45, 7) is 9.09. The number of anilines is 2. The van der Waals surface area contributed by atoms with Crippen LogP contribution in [0.5, 0.6) is 0 Å². The SMILES string of the molecule is CCOCCN(CC)c1cc(C)nc(NN)n1. The van der Waals surface area contributed by atoms with Gasteiger partial charge in [-0.2, -0.15) is 4.98 Å². The van der Waals surface area contributed by atoms with Crippen LogP contribution in [0, 0.1) is 6.92 Å². The number of hydrogen-bond donors (Lipinski definition) is 2. The van der Waals surface area contributed by atoms with E-state index in [2.05, 4.69) is 27.2 Å². The van der Waals surface area contributed by atoms with Gasteiger partial charge < -0.3 is 9.64 Å². The standard InChI is InChI=1S/C11H21N5O/c1-4-16(6-7-17-5-2)10-8-9(3)13-11(14-10)15-12/h8H,4-7,12H2,1-3H3,(H,13,14,15). The highest BCUT2D eigenvalue weighted by molar-refractivity contribution is 5.44. The molecule has 0 spiro atoms. The zero-order valence-electron chi connectivity index (χ0n) is 10.7. The van der Waals surface area contributed by atoms with Gasteiger partial charge in [0.15, 0.2) is 0 Å². The number of likely N-dealkylation sites (N-methyl/N-ethyl adjacent to an activating group) is 1. The van der Waals surface area contributed by atoms with E-state index in [4.69, 9.17) is 10.6 Å². The maximum Gasteiger partial charge on any atom is 0.239 e. The third-order valence-electron chi connectivity index (χ3n) is 2.39. The van der Waals surface area contributed by atoms with E-state index in [-0.39, 0.29) is 0 Å². The Bertz CT molecular complexity index is 345. The molecule has 0 aliphatic carbocycles. The van der Waals surface area contributed by atoms with Crippen molar-refractivity contribution in [2.45, 2.75) is 20.8 Å². The largest absolute Gasteiger partial charge is 0.380 e. The summed E-state index contributed by atoms with van der Waals surface area (Å²) in [5.74, 6) is 6.64. The first kappa shape index (κ1) is 13.7. The van der Waals surface area contributed by atoms with Crippen LogP contribution < -0.4 is 16.2 Å². The van der Waals surface area contributed by atoms with Crippen molar-refractivity contribution >= 4 is 11.8 Å². The van der Waals surface area contributed by atoms with E-state index in [0.717, 1.165) is 31.2 Å². The Balaban J connectivity index is 2.76. The van der Waals surface area contributed by atoms with E-state index in [1.165, 1.54) is 0 Å². The summed E-state index contributed by atoms with van der Waals surface area (Å²) in [4.78, 5) is 10.6. The molecule has 0 bridgehead atoms. The predicted octanol–water partition coefficient (Wildman–Crippen LogP) is 0.933. The van der Waals surface area contributed by atoms with Gasteiger partial charge in [0.1, 0.15) is 5.82 Å². The molecule has 0 unspecified atom stereocenters. The molecular formula is C11H21N5O. The minimum atomic E-state index is 0.440. The average Bonchev–Trinajstić information content (AvgIpc) is 2.34. The lowest BCUT2D eigenvalue weighted by atomic mass is 10.4. The number of nitrogens with zero attached hydrogens (tertiary/aromatic N) is 3. The quantitative estimate of drug-likeness (QED) is 0.419. The first-order chi connectivity index (χ1) is 8.21. The molecule has 6 heteroatoms. The topological polar surface area (TPSA) is 76.3 Å². The van der Waals surface area contributed by atoms with Crippen molar-refractivity contribution in [2.24, 2.45) is 5.84 Å². The number of nitrogen functional groups attached to an aromatic ring is 1. The lowest BCUT2D eigenvalue weighted by Crippen LogP contribution is -2.28. The number of hydrogen-bond acceptors (Lipinski definition) is 6. The molecule has 0 aliphatic heterocycles. The molecule has 0 atom stereocenters. The van der Waals surface area contributed by atoms with E-state index < -0.39 is 0 Å². The number of nitrogens with two attached hydrogens (primary N) is 1. The summed E-state index contributed by atoms with van der Waals surface area (Å²) < 4.78 is 5.35. The van der Waals surface area contributed by atoms with Gasteiger partial charge in [0.05, 0.1) is 6.61 Å². The van der Waals surface area contributed by atoms with Crippen LogP contribution in [0.4, 0.5) is 11.8 Å². The number of hydrazine groups is 1. The van der Waals surface area contributed by atoms with E-state index in [9.17, 15) is 0 Å². The van der Waals surface area contributed by atoms with Crippen molar-refractivity contribution in [3.05, 3.63) is 11.8 Å². The zero-order valence-corrected chi connectivity index (χ0v) is 10.7. The molecule has 0 aromatic carbocycles. The molecule has 1 aromatic rings. The maximum absolute atomic E-state index is 5.35. The monoisotopic (exact) mass is 239 g/mol. The molecule has 3 N–H and O–H groups in total. The van der Waals surface area contributed by atoms with E-state index in [1.54, 1.807) is 0 Å². The second-order valence-electron chi connectivity index (χ2n) is 3.61. The van der Waals surface area contributed by atoms with E-state index in [1.807, 2.05) is 19.9 Å². The van der Waals surface area contributed by atoms with Gasteiger partial charge in [-0.3, -0.25) is 5.43 Å². The van der Waals surface area contributed by atoms with Crippen LogP contribution in [0.25, 0.3) is 0 Å². The molecule has 96 valence electrons. The molecule has 0 saturated carbocycles. The number of ether oxygens (including phenoxy) is 1. The number of nitrogens with one attached hydrogen (secondary N) is 1. The van der Waals surface area contributed by atoms with Crippen LogP contribution in [0.15, 0.2) is 6.07 Å². The molecule has 17 heavy (non-hydrogen) atoms. The molecule has 6 nitrogen and oxygen atoms in total. The van der Waals surface area contributed by atoms with Crippen molar-refractivity contribution in [3.63, 3.8) is 0 Å². The molecule has 0 fully saturated rings. The summed E-state index contributed by atoms with van der Waals surface area (Å²) in [5, 5.41) is 0. The smallest absolute Gasteiger partial charge is 0.239 e. The zero-order chi connectivity index (χ0) is 12.7. The number of aryl methyl sites for hydroxylation is 1. The lowest BCUT2D eigenvalue weighted by Gasteiger charge is -2.22. The Labute approximate surface area is 102 Å². The Morgan fingerprint density at radius 3 is 2.76 bits per heavy atom. The van der Waals surface area contributed by atoms with Crippen molar-refractivity contribution in [3.8, 4) is 0 Å². The van der Waals surface area contributed by atoms with Gasteiger partial charge in [-0.15, -0.1) is 0 Å². The second-order valence-corrected chi connectivity index (χ2v) is 3.61. The van der Waals surface area contributed by atoms with Gasteiger partial charge in [-0.05, 0) is 20.8 Å². The lowest BCUT2D eigenvalue weighted by molar-refractivity contribution is 0.154. The van der Waals surface area contributed by atoms with Crippen molar-refractivity contribution in [1.82, 2.24) is 9.97 Å². The highest BCUT2D eigenvalue weighted by Crippen LogP contribution is 2.13. The van der Waals surface area contributed by atoms with Crippen molar-refractivity contribution in [1.29, 1.82) is 0 Å². The third-order valence-corrected chi connectivity index (χ3v) is 2.39. The summed E-state index contributed by atoms with van der Waals surface area (Å²) in [5.41, 5.74) is 3.36. The van der Waals surface area contributed by atoms with Crippen molar-refractivity contribution in [2.75, 3.05) is 36.6 Å². The number of rotatable bonds is 7. The molecule has 1 heterocycles. The minimum absolute atomic E-state index is 0.440. The second kappa shape index (κ2) is 7.03. The summed E-state index contributed by atoms with van der Waals surface area (Å²) in [7, 11) is 0. The fourth-order valence-electron chi connectivity index (χ4n) is 1.53. The summed E-state index contributed by atoms with van der Waals surface area (Å²) in [6, 6.07) is 1.94. The van der Waals surface area contributed by atoms with Gasteiger partial charge >= 0.3 is 0 Å². The van der Waals surface area contributed by atoms with Crippen LogP contribution in [0.2, 0.25) is 0 Å². The molecule has 1 aromatic heterocycles. The average molecular weight is 239 g/mol. The summed E-state index contributed by atoms with van der Waals surface area (Å²) >= 11 is 0. The maximum atomic E-state index is 5.35. The highest BCUT2D eigenvalue weighted by Gasteiger charge is 2.08. The van der Waals surface area contributed by atoms with Crippen LogP contribution in [0.3, 0.4) is 0 Å². The van der Waals surface area contributed by atoms with E-state index in [0.29, 0.717) is 12.6 Å². The fraction of sp³-hybridized carbons (Fsp3) is 0.636. The van der Waals surface area contributed by atoms with Gasteiger partial charge in [0, 0.05) is 31.5 Å². The molecule has 1 rings (SSSR count). The van der Waals surface area contributed by atoms with Crippen LogP contribution in [0.1, 0.15) is 19.5 Å². The Kier molecular flexibility index (Phi) is 5.65. The molecular weight excluding hydrogens is 218 g/mol. The molecule has 0 amide bonds. The van der Waals surface area contributed by atoms with E-state index >= 15 is 0 Å². The Hall–Kier alpha value is -1.40. The van der Waals surface area contributed by atoms with Gasteiger partial charge in [0.25, 0.3) is 0 Å². The van der Waals surface area contributed by atoms with Gasteiger partial charge in [-0.25, -0.2) is 10.8 Å². The Morgan fingerprint density at radius 2 is 2.18 bits per heavy atom. The van der Waals surface area contributed by atoms with Gasteiger partial charge in [-0.1, -0.05) is 0 Å². The first-order valence-corrected chi connectivity index (χ1v) is 5.86. The number of aromatic nitrogens is 2. The highest BCUT2D eigenvalue weighted by atomic mass is 16.5. The van der Waals surface area contributed by atoms with Crippen LogP contribution >= 0.6 is 0 Å². The minimum Gasteiger partial charge on any atom is -0.380 e. The van der Waals surface area contributed by atoms with Crippen LogP contribution in [-0.4, -0.2) is 36.3 Å². The van der Waals surface area contributed by atoms with Gasteiger partial charge in [0.2, 0.25) is 5.95 Å². The fourth-order valence-corrected chi connectivity index (χ4v) is 1.53. The van der Waals surface area contributed by atoms with Crippen LogP contribution in [-0.2, 0) is 4.74 Å². The van der Waals surface area contributed by atoms with Crippen molar-refractivity contribution < 1.29 is 4.74 Å². The molecule has 0 aliphatic rings. The molecule has 0 radical (unpaired) electrons. The Morgan fingerprint density at radius 1 is 1.41 bits per heavy atom.